The number of halogens is 1. The first-order chi connectivity index (χ1) is 15.4. The molecule has 1 N–H and O–H groups in total. The van der Waals surface area contributed by atoms with Crippen molar-refractivity contribution < 1.29 is 9.53 Å². The monoisotopic (exact) mass is 512 g/mol. The van der Waals surface area contributed by atoms with Crippen LogP contribution < -0.4 is 5.32 Å². The van der Waals surface area contributed by atoms with Gasteiger partial charge in [-0.15, -0.1) is 0 Å². The maximum atomic E-state index is 12.4. The van der Waals surface area contributed by atoms with Crippen LogP contribution in [0.1, 0.15) is 41.7 Å². The average molecular weight is 513 g/mol. The summed E-state index contributed by atoms with van der Waals surface area (Å²) < 4.78 is 8.46. The minimum absolute atomic E-state index is 0.0758. The molecule has 1 aliphatic heterocycles. The number of nitrogens with one attached hydrogen (secondary N) is 1. The number of pyridine rings is 1. The van der Waals surface area contributed by atoms with Crippen LogP contribution in [0.3, 0.4) is 0 Å². The van der Waals surface area contributed by atoms with E-state index >= 15 is 0 Å². The molecule has 0 amide bonds. The van der Waals surface area contributed by atoms with Crippen molar-refractivity contribution in [1.82, 2.24) is 19.8 Å². The van der Waals surface area contributed by atoms with E-state index in [9.17, 15) is 4.79 Å². The minimum Gasteiger partial charge on any atom is -0.465 e. The lowest BCUT2D eigenvalue weighted by Crippen LogP contribution is -2.35. The fourth-order valence-electron chi connectivity index (χ4n) is 4.35. The second kappa shape index (κ2) is 9.42. The van der Waals surface area contributed by atoms with Crippen molar-refractivity contribution in [3.05, 3.63) is 81.8 Å². The number of benzene rings is 1. The third-order valence-corrected chi connectivity index (χ3v) is 6.71. The molecule has 2 unspecified atom stereocenters. The molecule has 1 fully saturated rings. The molecule has 1 aromatic carbocycles. The molecule has 4 rings (SSSR count). The molecule has 1 aliphatic rings. The minimum atomic E-state index is -0.303. The van der Waals surface area contributed by atoms with E-state index in [1.165, 1.54) is 0 Å². The van der Waals surface area contributed by atoms with Gasteiger partial charge in [-0.2, -0.15) is 0 Å². The van der Waals surface area contributed by atoms with Crippen molar-refractivity contribution in [3.8, 4) is 5.69 Å². The van der Waals surface area contributed by atoms with E-state index in [1.54, 1.807) is 13.1 Å². The van der Waals surface area contributed by atoms with Gasteiger partial charge in [-0.25, -0.2) is 0 Å². The second-order valence-corrected chi connectivity index (χ2v) is 8.91. The highest BCUT2D eigenvalue weighted by Gasteiger charge is 2.42. The molecule has 3 aromatic rings. The number of carbonyl (C=O) groups excluding carboxylic acids is 1. The highest BCUT2D eigenvalue weighted by atomic mass is 79.9. The van der Waals surface area contributed by atoms with Gasteiger partial charge in [0.2, 0.25) is 0 Å². The lowest BCUT2D eigenvalue weighted by Gasteiger charge is -2.27. The molecule has 3 heterocycles. The predicted molar refractivity (Wildman–Crippen MR) is 132 cm³/mol. The van der Waals surface area contributed by atoms with Gasteiger partial charge in [-0.3, -0.25) is 9.78 Å². The fraction of sp³-hybridized carbons (Fsp3) is 0.292. The number of hydrogen-bond donors (Lipinski definition) is 1. The summed E-state index contributed by atoms with van der Waals surface area (Å²) >= 11 is 9.34. The number of carbonyl (C=O) groups is 1. The van der Waals surface area contributed by atoms with Crippen LogP contribution in [-0.4, -0.2) is 38.7 Å². The van der Waals surface area contributed by atoms with Crippen LogP contribution in [0.2, 0.25) is 0 Å². The van der Waals surface area contributed by atoms with Crippen molar-refractivity contribution in [2.24, 2.45) is 0 Å². The molecule has 0 saturated carbocycles. The molecule has 166 valence electrons. The third-order valence-electron chi connectivity index (χ3n) is 5.68. The number of ether oxygens (including phenoxy) is 1. The quantitative estimate of drug-likeness (QED) is 0.378. The summed E-state index contributed by atoms with van der Waals surface area (Å²) in [4.78, 5) is 18.9. The molecule has 8 heteroatoms. The molecule has 0 bridgehead atoms. The molecule has 0 aliphatic carbocycles. The van der Waals surface area contributed by atoms with Crippen LogP contribution in [0.5, 0.6) is 0 Å². The zero-order valence-corrected chi connectivity index (χ0v) is 20.6. The lowest BCUT2D eigenvalue weighted by atomic mass is 9.97. The Morgan fingerprint density at radius 3 is 2.66 bits per heavy atom. The van der Waals surface area contributed by atoms with Crippen LogP contribution in [-0.2, 0) is 9.53 Å². The highest BCUT2D eigenvalue weighted by Crippen LogP contribution is 2.41. The molecule has 2 atom stereocenters. The van der Waals surface area contributed by atoms with Crippen molar-refractivity contribution in [1.29, 1.82) is 0 Å². The molecule has 1 saturated heterocycles. The first kappa shape index (κ1) is 22.5. The summed E-state index contributed by atoms with van der Waals surface area (Å²) in [6, 6.07) is 15.7. The summed E-state index contributed by atoms with van der Waals surface area (Å²) in [5.74, 6) is -0.303. The van der Waals surface area contributed by atoms with Crippen LogP contribution in [0.25, 0.3) is 5.69 Å². The van der Waals surface area contributed by atoms with Crippen molar-refractivity contribution in [2.75, 3.05) is 13.2 Å². The van der Waals surface area contributed by atoms with Crippen LogP contribution in [0.4, 0.5) is 0 Å². The average Bonchev–Trinajstić information content (AvgIpc) is 3.25. The normalized spacial score (nSPS) is 18.0. The van der Waals surface area contributed by atoms with Gasteiger partial charge in [0.1, 0.15) is 6.54 Å². The summed E-state index contributed by atoms with van der Waals surface area (Å²) in [6.07, 6.45) is 1.77. The van der Waals surface area contributed by atoms with E-state index in [0.29, 0.717) is 11.7 Å². The highest BCUT2D eigenvalue weighted by molar-refractivity contribution is 9.10. The Labute approximate surface area is 201 Å². The summed E-state index contributed by atoms with van der Waals surface area (Å²) in [5.41, 5.74) is 5.20. The number of aryl methyl sites for hydroxylation is 1. The summed E-state index contributed by atoms with van der Waals surface area (Å²) in [6.45, 7) is 6.39. The van der Waals surface area contributed by atoms with Crippen molar-refractivity contribution in [2.45, 2.75) is 32.9 Å². The number of rotatable bonds is 6. The molecule has 32 heavy (non-hydrogen) atoms. The number of hydrogen-bond acceptors (Lipinski definition) is 4. The predicted octanol–water partition coefficient (Wildman–Crippen LogP) is 4.79. The first-order valence-corrected chi connectivity index (χ1v) is 11.7. The summed E-state index contributed by atoms with van der Waals surface area (Å²) in [7, 11) is 0. The Hall–Kier alpha value is -2.71. The largest absolute Gasteiger partial charge is 0.465 e. The standard InChI is InChI=1S/C24H25BrN4O2S/c1-4-31-21(30)14-28-23(22(27-24(28)32)19-10-7-8-12-26-19)17-13-15(2)29(16(17)3)20-11-6-5-9-18(20)25/h5-13,22-23H,4,14H2,1-3H3,(H,27,32). The zero-order chi connectivity index (χ0) is 22.8. The van der Waals surface area contributed by atoms with Crippen LogP contribution in [0.15, 0.2) is 59.2 Å². The van der Waals surface area contributed by atoms with E-state index in [0.717, 1.165) is 32.8 Å². The zero-order valence-electron chi connectivity index (χ0n) is 18.2. The van der Waals surface area contributed by atoms with Crippen molar-refractivity contribution >= 4 is 39.2 Å². The maximum absolute atomic E-state index is 12.4. The number of para-hydroxylation sites is 1. The van der Waals surface area contributed by atoms with E-state index < -0.39 is 0 Å². The Kier molecular flexibility index (Phi) is 6.62. The fourth-order valence-corrected chi connectivity index (χ4v) is 5.12. The van der Waals surface area contributed by atoms with Gasteiger partial charge in [-0.1, -0.05) is 18.2 Å². The van der Waals surface area contributed by atoms with Gasteiger partial charge in [0.05, 0.1) is 30.1 Å². The third kappa shape index (κ3) is 4.17. The summed E-state index contributed by atoms with van der Waals surface area (Å²) in [5, 5.41) is 3.91. The van der Waals surface area contributed by atoms with Gasteiger partial charge < -0.3 is 19.5 Å². The van der Waals surface area contributed by atoms with E-state index in [4.69, 9.17) is 17.0 Å². The Bertz CT molecular complexity index is 1150. The van der Waals surface area contributed by atoms with Crippen LogP contribution in [0, 0.1) is 13.8 Å². The Balaban J connectivity index is 1.83. The smallest absolute Gasteiger partial charge is 0.325 e. The second-order valence-electron chi connectivity index (χ2n) is 7.67. The lowest BCUT2D eigenvalue weighted by molar-refractivity contribution is -0.143. The van der Waals surface area contributed by atoms with Gasteiger partial charge in [0.25, 0.3) is 0 Å². The molecule has 2 aromatic heterocycles. The number of nitrogens with zero attached hydrogens (tertiary/aromatic N) is 3. The van der Waals surface area contributed by atoms with Crippen molar-refractivity contribution in [3.63, 3.8) is 0 Å². The maximum Gasteiger partial charge on any atom is 0.325 e. The molecule has 0 spiro atoms. The molecule has 0 radical (unpaired) electrons. The first-order valence-electron chi connectivity index (χ1n) is 10.5. The van der Waals surface area contributed by atoms with Gasteiger partial charge in [0.15, 0.2) is 5.11 Å². The number of thiocarbonyl (C=S) groups is 1. The Morgan fingerprint density at radius 1 is 1.22 bits per heavy atom. The topological polar surface area (TPSA) is 59.4 Å². The van der Waals surface area contributed by atoms with E-state index in [2.05, 4.69) is 56.8 Å². The van der Waals surface area contributed by atoms with Gasteiger partial charge >= 0.3 is 5.97 Å². The molecule has 6 nitrogen and oxygen atoms in total. The van der Waals surface area contributed by atoms with Gasteiger partial charge in [-0.05, 0) is 84.8 Å². The van der Waals surface area contributed by atoms with E-state index in [1.807, 2.05) is 41.3 Å². The number of esters is 1. The van der Waals surface area contributed by atoms with E-state index in [-0.39, 0.29) is 24.6 Å². The SMILES string of the molecule is CCOC(=O)CN1C(=S)NC(c2ccccn2)C1c1cc(C)n(-c2ccccc2Br)c1C. The van der Waals surface area contributed by atoms with Gasteiger partial charge in [0, 0.05) is 22.1 Å². The Morgan fingerprint density at radius 2 is 1.97 bits per heavy atom. The molecular formula is C24H25BrN4O2S. The number of aromatic nitrogens is 2. The molecular weight excluding hydrogens is 488 g/mol. The van der Waals surface area contributed by atoms with Crippen LogP contribution >= 0.6 is 28.1 Å².